The lowest BCUT2D eigenvalue weighted by molar-refractivity contribution is -0.130. The molecule has 2 rings (SSSR count). The summed E-state index contributed by atoms with van der Waals surface area (Å²) in [6.45, 7) is 7.99. The van der Waals surface area contributed by atoms with Crippen LogP contribution in [0.3, 0.4) is 0 Å². The number of nitrogens with one attached hydrogen (secondary N) is 1. The molecule has 0 unspecified atom stereocenters. The standard InChI is InChI=1S/C13H21N3O2/c1-10(12-8-14-9-12)13(18)16-5-3-4-15(6-7-16)11(2)17/h14H,3-9H2,1-2H3. The third-order valence-electron chi connectivity index (χ3n) is 3.76. The highest BCUT2D eigenvalue weighted by Crippen LogP contribution is 2.13. The second kappa shape index (κ2) is 5.52. The molecule has 2 aliphatic heterocycles. The summed E-state index contributed by atoms with van der Waals surface area (Å²) >= 11 is 0. The molecule has 0 atom stereocenters. The van der Waals surface area contributed by atoms with Gasteiger partial charge >= 0.3 is 0 Å². The van der Waals surface area contributed by atoms with Gasteiger partial charge in [-0.15, -0.1) is 0 Å². The molecule has 0 spiro atoms. The van der Waals surface area contributed by atoms with Crippen molar-refractivity contribution in [1.29, 1.82) is 0 Å². The third-order valence-corrected chi connectivity index (χ3v) is 3.76. The lowest BCUT2D eigenvalue weighted by Gasteiger charge is -2.26. The number of hydrogen-bond acceptors (Lipinski definition) is 3. The number of hydrogen-bond donors (Lipinski definition) is 1. The van der Waals surface area contributed by atoms with Gasteiger partial charge in [0.25, 0.3) is 0 Å². The van der Waals surface area contributed by atoms with Gasteiger partial charge in [0, 0.05) is 51.8 Å². The van der Waals surface area contributed by atoms with Crippen LogP contribution in [0.2, 0.25) is 0 Å². The maximum absolute atomic E-state index is 12.3. The highest BCUT2D eigenvalue weighted by molar-refractivity contribution is 5.94. The van der Waals surface area contributed by atoms with Crippen molar-refractivity contribution >= 4 is 11.8 Å². The van der Waals surface area contributed by atoms with Crippen LogP contribution in [-0.4, -0.2) is 60.9 Å². The van der Waals surface area contributed by atoms with E-state index in [1.807, 2.05) is 16.7 Å². The first-order valence-corrected chi connectivity index (χ1v) is 6.53. The lowest BCUT2D eigenvalue weighted by Crippen LogP contribution is -2.40. The summed E-state index contributed by atoms with van der Waals surface area (Å²) in [7, 11) is 0. The van der Waals surface area contributed by atoms with Crippen molar-refractivity contribution in [2.24, 2.45) is 0 Å². The molecule has 0 aliphatic carbocycles. The van der Waals surface area contributed by atoms with E-state index in [4.69, 9.17) is 0 Å². The quantitative estimate of drug-likeness (QED) is 0.667. The van der Waals surface area contributed by atoms with Gasteiger partial charge in [0.2, 0.25) is 11.8 Å². The monoisotopic (exact) mass is 251 g/mol. The molecule has 5 heteroatoms. The Morgan fingerprint density at radius 1 is 1.00 bits per heavy atom. The molecule has 18 heavy (non-hydrogen) atoms. The molecule has 0 aromatic carbocycles. The summed E-state index contributed by atoms with van der Waals surface area (Å²) in [5.74, 6) is 0.236. The van der Waals surface area contributed by atoms with Crippen molar-refractivity contribution in [1.82, 2.24) is 15.1 Å². The van der Waals surface area contributed by atoms with Crippen molar-refractivity contribution in [2.45, 2.75) is 20.3 Å². The first-order chi connectivity index (χ1) is 8.59. The van der Waals surface area contributed by atoms with Crippen LogP contribution >= 0.6 is 0 Å². The van der Waals surface area contributed by atoms with Gasteiger partial charge in [-0.3, -0.25) is 9.59 Å². The zero-order valence-corrected chi connectivity index (χ0v) is 11.2. The molecule has 2 amide bonds. The number of amides is 2. The zero-order valence-electron chi connectivity index (χ0n) is 11.2. The fourth-order valence-corrected chi connectivity index (χ4v) is 2.34. The van der Waals surface area contributed by atoms with Gasteiger partial charge in [-0.2, -0.15) is 0 Å². The molecule has 5 nitrogen and oxygen atoms in total. The zero-order chi connectivity index (χ0) is 13.1. The summed E-state index contributed by atoms with van der Waals surface area (Å²) in [6.07, 6.45) is 0.867. The molecule has 0 bridgehead atoms. The van der Waals surface area contributed by atoms with Gasteiger partial charge in [0.05, 0.1) is 0 Å². The Balaban J connectivity index is 1.97. The van der Waals surface area contributed by atoms with Gasteiger partial charge in [-0.1, -0.05) is 0 Å². The smallest absolute Gasteiger partial charge is 0.249 e. The van der Waals surface area contributed by atoms with E-state index in [1.54, 1.807) is 6.92 Å². The summed E-state index contributed by atoms with van der Waals surface area (Å²) in [5, 5.41) is 3.15. The van der Waals surface area contributed by atoms with E-state index in [1.165, 1.54) is 5.57 Å². The first kappa shape index (κ1) is 13.1. The van der Waals surface area contributed by atoms with Crippen LogP contribution in [0.1, 0.15) is 20.3 Å². The molecular weight excluding hydrogens is 230 g/mol. The summed E-state index contributed by atoms with van der Waals surface area (Å²) in [5.41, 5.74) is 2.10. The molecule has 1 N–H and O–H groups in total. The molecule has 0 radical (unpaired) electrons. The van der Waals surface area contributed by atoms with Crippen molar-refractivity contribution in [3.05, 3.63) is 11.1 Å². The van der Waals surface area contributed by atoms with E-state index in [-0.39, 0.29) is 11.8 Å². The Hall–Kier alpha value is -1.36. The highest BCUT2D eigenvalue weighted by Gasteiger charge is 2.23. The van der Waals surface area contributed by atoms with Crippen LogP contribution in [0.25, 0.3) is 0 Å². The van der Waals surface area contributed by atoms with Crippen molar-refractivity contribution in [3.8, 4) is 0 Å². The predicted octanol–water partition coefficient (Wildman–Crippen LogP) is -0.0131. The molecule has 2 saturated heterocycles. The number of rotatable bonds is 1. The van der Waals surface area contributed by atoms with E-state index in [9.17, 15) is 9.59 Å². The SMILES string of the molecule is CC(=O)N1CCCN(C(=O)C(C)=C2CNC2)CC1. The molecule has 0 aromatic rings. The minimum atomic E-state index is 0.0996. The van der Waals surface area contributed by atoms with Crippen LogP contribution in [0.5, 0.6) is 0 Å². The Morgan fingerprint density at radius 3 is 2.17 bits per heavy atom. The van der Waals surface area contributed by atoms with Gasteiger partial charge in [0.1, 0.15) is 0 Å². The highest BCUT2D eigenvalue weighted by atomic mass is 16.2. The summed E-state index contributed by atoms with van der Waals surface area (Å²) in [4.78, 5) is 27.3. The van der Waals surface area contributed by atoms with E-state index in [0.717, 1.165) is 38.2 Å². The average Bonchev–Trinajstić information content (AvgIpc) is 2.50. The minimum Gasteiger partial charge on any atom is -0.341 e. The largest absolute Gasteiger partial charge is 0.341 e. The Morgan fingerprint density at radius 2 is 1.61 bits per heavy atom. The fourth-order valence-electron chi connectivity index (χ4n) is 2.34. The van der Waals surface area contributed by atoms with Crippen molar-refractivity contribution < 1.29 is 9.59 Å². The Labute approximate surface area is 108 Å². The predicted molar refractivity (Wildman–Crippen MR) is 69.0 cm³/mol. The van der Waals surface area contributed by atoms with Gasteiger partial charge in [-0.25, -0.2) is 0 Å². The third kappa shape index (κ3) is 2.72. The van der Waals surface area contributed by atoms with Gasteiger partial charge in [0.15, 0.2) is 0 Å². The van der Waals surface area contributed by atoms with Crippen LogP contribution in [0, 0.1) is 0 Å². The summed E-state index contributed by atoms with van der Waals surface area (Å²) in [6, 6.07) is 0. The second-order valence-electron chi connectivity index (χ2n) is 4.98. The molecule has 2 aliphatic rings. The van der Waals surface area contributed by atoms with Crippen molar-refractivity contribution in [2.75, 3.05) is 39.3 Å². The fraction of sp³-hybridized carbons (Fsp3) is 0.692. The summed E-state index contributed by atoms with van der Waals surface area (Å²) < 4.78 is 0. The normalized spacial score (nSPS) is 20.2. The number of nitrogens with zero attached hydrogens (tertiary/aromatic N) is 2. The molecule has 100 valence electrons. The van der Waals surface area contributed by atoms with Crippen LogP contribution in [0.15, 0.2) is 11.1 Å². The van der Waals surface area contributed by atoms with Crippen LogP contribution < -0.4 is 5.32 Å². The topological polar surface area (TPSA) is 52.7 Å². The van der Waals surface area contributed by atoms with E-state index in [0.29, 0.717) is 13.1 Å². The molecule has 0 saturated carbocycles. The second-order valence-corrected chi connectivity index (χ2v) is 4.98. The Kier molecular flexibility index (Phi) is 4.01. The van der Waals surface area contributed by atoms with E-state index in [2.05, 4.69) is 5.32 Å². The minimum absolute atomic E-state index is 0.0996. The molecular formula is C13H21N3O2. The molecule has 2 fully saturated rings. The maximum atomic E-state index is 12.3. The average molecular weight is 251 g/mol. The van der Waals surface area contributed by atoms with E-state index < -0.39 is 0 Å². The first-order valence-electron chi connectivity index (χ1n) is 6.53. The van der Waals surface area contributed by atoms with Gasteiger partial charge < -0.3 is 15.1 Å². The maximum Gasteiger partial charge on any atom is 0.249 e. The Bertz CT molecular complexity index is 384. The van der Waals surface area contributed by atoms with Gasteiger partial charge in [-0.05, 0) is 18.9 Å². The lowest BCUT2D eigenvalue weighted by atomic mass is 10.0. The molecule has 2 heterocycles. The van der Waals surface area contributed by atoms with E-state index >= 15 is 0 Å². The van der Waals surface area contributed by atoms with Crippen LogP contribution in [0.4, 0.5) is 0 Å². The van der Waals surface area contributed by atoms with Crippen LogP contribution in [-0.2, 0) is 9.59 Å². The number of carbonyl (C=O) groups excluding carboxylic acids is 2. The van der Waals surface area contributed by atoms with Crippen molar-refractivity contribution in [3.63, 3.8) is 0 Å². The number of carbonyl (C=O) groups is 2. The molecule has 0 aromatic heterocycles.